The van der Waals surface area contributed by atoms with E-state index < -0.39 is 0 Å². The lowest BCUT2D eigenvalue weighted by Gasteiger charge is -2.24. The molecule has 0 bridgehead atoms. The van der Waals surface area contributed by atoms with Gasteiger partial charge in [0.1, 0.15) is 5.78 Å². The maximum Gasteiger partial charge on any atom is 0.139 e. The Hall–Kier alpha value is -0.590. The smallest absolute Gasteiger partial charge is 0.139 e. The fourth-order valence-electron chi connectivity index (χ4n) is 2.40. The van der Waals surface area contributed by atoms with E-state index in [4.69, 9.17) is 0 Å². The van der Waals surface area contributed by atoms with Gasteiger partial charge in [0, 0.05) is 11.8 Å². The Balaban J connectivity index is 2.12. The van der Waals surface area contributed by atoms with Crippen molar-refractivity contribution in [3.63, 3.8) is 0 Å². The molecule has 0 saturated heterocycles. The second-order valence-electron chi connectivity index (χ2n) is 4.72. The van der Waals surface area contributed by atoms with Crippen molar-refractivity contribution in [1.29, 1.82) is 0 Å². The van der Waals surface area contributed by atoms with Crippen molar-refractivity contribution in [3.8, 4) is 0 Å². The molecule has 3 atom stereocenters. The molecule has 0 spiro atoms. The van der Waals surface area contributed by atoms with Gasteiger partial charge < -0.3 is 0 Å². The van der Waals surface area contributed by atoms with Gasteiger partial charge in [-0.25, -0.2) is 0 Å². The fourth-order valence-corrected chi connectivity index (χ4v) is 2.40. The number of hydrogen-bond acceptors (Lipinski definition) is 1. The zero-order chi connectivity index (χ0) is 8.93. The summed E-state index contributed by atoms with van der Waals surface area (Å²) in [6.07, 6.45) is 3.09. The molecule has 0 aromatic rings. The lowest BCUT2D eigenvalue weighted by atomic mass is 9.79. The normalized spacial score (nSPS) is 45.3. The molecule has 1 unspecified atom stereocenters. The molecule has 0 radical (unpaired) electrons. The predicted molar refractivity (Wildman–Crippen MR) is 48.8 cm³/mol. The molecule has 0 amide bonds. The molecule has 12 heavy (non-hydrogen) atoms. The maximum atomic E-state index is 11.6. The fraction of sp³-hybridized carbons (Fsp3) is 0.727. The van der Waals surface area contributed by atoms with Crippen LogP contribution in [0.3, 0.4) is 0 Å². The predicted octanol–water partition coefficient (Wildman–Crippen LogP) is 2.57. The van der Waals surface area contributed by atoms with Crippen molar-refractivity contribution in [2.75, 3.05) is 0 Å². The third-order valence-electron chi connectivity index (χ3n) is 3.75. The topological polar surface area (TPSA) is 17.1 Å². The Labute approximate surface area is 73.8 Å². The number of Topliss-reactive ketones (excluding diaryl/α,β-unsaturated/α-hetero) is 1. The zero-order valence-electron chi connectivity index (χ0n) is 7.89. The number of allylic oxidation sites excluding steroid dienone is 1. The Bertz CT molecular complexity index is 254. The van der Waals surface area contributed by atoms with Crippen molar-refractivity contribution >= 4 is 5.78 Å². The molecule has 2 saturated carbocycles. The van der Waals surface area contributed by atoms with Crippen LogP contribution in [0.5, 0.6) is 0 Å². The summed E-state index contributed by atoms with van der Waals surface area (Å²) in [5, 5.41) is 0. The largest absolute Gasteiger partial charge is 0.299 e. The molecule has 66 valence electrons. The van der Waals surface area contributed by atoms with E-state index in [9.17, 15) is 4.79 Å². The van der Waals surface area contributed by atoms with Crippen LogP contribution in [0.2, 0.25) is 0 Å². The van der Waals surface area contributed by atoms with Gasteiger partial charge in [0.15, 0.2) is 0 Å². The van der Waals surface area contributed by atoms with Gasteiger partial charge in [0.05, 0.1) is 0 Å². The van der Waals surface area contributed by atoms with Gasteiger partial charge in [-0.05, 0) is 31.6 Å². The van der Waals surface area contributed by atoms with Gasteiger partial charge >= 0.3 is 0 Å². The highest BCUT2D eigenvalue weighted by atomic mass is 16.1. The third-order valence-corrected chi connectivity index (χ3v) is 3.75. The minimum atomic E-state index is 0.0892. The van der Waals surface area contributed by atoms with E-state index in [1.54, 1.807) is 0 Å². The molecule has 2 rings (SSSR count). The Kier molecular flexibility index (Phi) is 1.48. The SMILES string of the molecule is C=C(C)C1CC(=O)[C@]2(C)C[C@@H]2C1. The van der Waals surface area contributed by atoms with Gasteiger partial charge in [-0.1, -0.05) is 19.1 Å². The molecule has 0 aromatic heterocycles. The molecule has 1 nitrogen and oxygen atoms in total. The van der Waals surface area contributed by atoms with Crippen molar-refractivity contribution < 1.29 is 4.79 Å². The van der Waals surface area contributed by atoms with Crippen LogP contribution < -0.4 is 0 Å². The van der Waals surface area contributed by atoms with Crippen molar-refractivity contribution in [3.05, 3.63) is 12.2 Å². The van der Waals surface area contributed by atoms with E-state index in [2.05, 4.69) is 13.5 Å². The first kappa shape index (κ1) is 8.03. The van der Waals surface area contributed by atoms with Crippen molar-refractivity contribution in [2.24, 2.45) is 17.3 Å². The van der Waals surface area contributed by atoms with Gasteiger partial charge in [-0.2, -0.15) is 0 Å². The summed E-state index contributed by atoms with van der Waals surface area (Å²) in [6.45, 7) is 8.10. The monoisotopic (exact) mass is 164 g/mol. The van der Waals surface area contributed by atoms with Crippen LogP contribution in [0.15, 0.2) is 12.2 Å². The second kappa shape index (κ2) is 2.21. The Morgan fingerprint density at radius 3 is 2.83 bits per heavy atom. The molecule has 0 N–H and O–H groups in total. The number of hydrogen-bond donors (Lipinski definition) is 0. The van der Waals surface area contributed by atoms with E-state index in [1.807, 2.05) is 6.92 Å². The lowest BCUT2D eigenvalue weighted by molar-refractivity contribution is -0.126. The minimum Gasteiger partial charge on any atom is -0.299 e. The van der Waals surface area contributed by atoms with E-state index in [0.717, 1.165) is 12.8 Å². The molecule has 0 aromatic carbocycles. The standard InChI is InChI=1S/C11H16O/c1-7(2)8-4-9-6-11(9,3)10(12)5-8/h8-9H,1,4-6H2,2-3H3/t8?,9-,11+/m0/s1. The summed E-state index contributed by atoms with van der Waals surface area (Å²) in [6, 6.07) is 0. The average molecular weight is 164 g/mol. The highest BCUT2D eigenvalue weighted by molar-refractivity contribution is 5.89. The number of ketones is 1. The van der Waals surface area contributed by atoms with Gasteiger partial charge in [-0.3, -0.25) is 4.79 Å². The van der Waals surface area contributed by atoms with Crippen LogP contribution in [-0.4, -0.2) is 5.78 Å². The molecule has 2 aliphatic rings. The summed E-state index contributed by atoms with van der Waals surface area (Å²) in [5.74, 6) is 1.64. The quantitative estimate of drug-likeness (QED) is 0.544. The summed E-state index contributed by atoms with van der Waals surface area (Å²) >= 11 is 0. The first-order chi connectivity index (χ1) is 5.54. The second-order valence-corrected chi connectivity index (χ2v) is 4.72. The van der Waals surface area contributed by atoms with E-state index >= 15 is 0 Å². The molecule has 2 fully saturated rings. The van der Waals surface area contributed by atoms with Crippen LogP contribution in [0.1, 0.15) is 33.1 Å². The van der Waals surface area contributed by atoms with Crippen molar-refractivity contribution in [2.45, 2.75) is 33.1 Å². The summed E-state index contributed by atoms with van der Waals surface area (Å²) in [7, 11) is 0. The zero-order valence-corrected chi connectivity index (χ0v) is 7.89. The Morgan fingerprint density at radius 1 is 1.67 bits per heavy atom. The van der Waals surface area contributed by atoms with E-state index in [1.165, 1.54) is 12.0 Å². The molecule has 0 heterocycles. The molecule has 2 aliphatic carbocycles. The van der Waals surface area contributed by atoms with E-state index in [0.29, 0.717) is 17.6 Å². The number of carbonyl (C=O) groups excluding carboxylic acids is 1. The first-order valence-electron chi connectivity index (χ1n) is 4.73. The molecule has 0 aliphatic heterocycles. The molecular formula is C11H16O. The summed E-state index contributed by atoms with van der Waals surface area (Å²) in [5.41, 5.74) is 1.28. The van der Waals surface area contributed by atoms with Crippen LogP contribution in [-0.2, 0) is 4.79 Å². The number of carbonyl (C=O) groups is 1. The third kappa shape index (κ3) is 0.954. The number of fused-ring (bicyclic) bond motifs is 1. The molecular weight excluding hydrogens is 148 g/mol. The highest BCUT2D eigenvalue weighted by Gasteiger charge is 2.58. The average Bonchev–Trinajstić information content (AvgIpc) is 2.62. The van der Waals surface area contributed by atoms with Crippen LogP contribution in [0, 0.1) is 17.3 Å². The van der Waals surface area contributed by atoms with Crippen molar-refractivity contribution in [1.82, 2.24) is 0 Å². The van der Waals surface area contributed by atoms with Crippen LogP contribution in [0.25, 0.3) is 0 Å². The highest BCUT2D eigenvalue weighted by Crippen LogP contribution is 2.60. The van der Waals surface area contributed by atoms with Crippen LogP contribution >= 0.6 is 0 Å². The Morgan fingerprint density at radius 2 is 2.33 bits per heavy atom. The van der Waals surface area contributed by atoms with Crippen LogP contribution in [0.4, 0.5) is 0 Å². The lowest BCUT2D eigenvalue weighted by Crippen LogP contribution is -2.25. The maximum absolute atomic E-state index is 11.6. The summed E-state index contributed by atoms with van der Waals surface area (Å²) in [4.78, 5) is 11.6. The summed E-state index contributed by atoms with van der Waals surface area (Å²) < 4.78 is 0. The molecule has 1 heteroatoms. The number of rotatable bonds is 1. The van der Waals surface area contributed by atoms with E-state index in [-0.39, 0.29) is 5.41 Å². The van der Waals surface area contributed by atoms with Gasteiger partial charge in [0.25, 0.3) is 0 Å². The first-order valence-corrected chi connectivity index (χ1v) is 4.73. The van der Waals surface area contributed by atoms with Gasteiger partial charge in [-0.15, -0.1) is 0 Å². The van der Waals surface area contributed by atoms with Gasteiger partial charge in [0.2, 0.25) is 0 Å². The minimum absolute atomic E-state index is 0.0892.